The molecule has 2 aromatic rings. The van der Waals surface area contributed by atoms with Gasteiger partial charge in [0.1, 0.15) is 5.82 Å². The van der Waals surface area contributed by atoms with Crippen LogP contribution in [0.2, 0.25) is 0 Å². The van der Waals surface area contributed by atoms with Crippen LogP contribution in [0.1, 0.15) is 21.5 Å². The van der Waals surface area contributed by atoms with Crippen molar-refractivity contribution >= 4 is 11.6 Å². The van der Waals surface area contributed by atoms with Gasteiger partial charge in [0.15, 0.2) is 0 Å². The number of nitrogens with two attached hydrogens (primary N) is 1. The molecule has 0 radical (unpaired) electrons. The number of aromatic nitrogens is 1. The molecular weight excluding hydrogens is 269 g/mol. The van der Waals surface area contributed by atoms with Gasteiger partial charge in [-0.25, -0.2) is 4.39 Å². The highest BCUT2D eigenvalue weighted by Crippen LogP contribution is 2.14. The van der Waals surface area contributed by atoms with Gasteiger partial charge in [-0.2, -0.15) is 0 Å². The second-order valence-corrected chi connectivity index (χ2v) is 4.40. The first kappa shape index (κ1) is 14.7. The van der Waals surface area contributed by atoms with Crippen LogP contribution in [-0.4, -0.2) is 17.4 Å². The SMILES string of the molecule is Cc1cncc(NC(=O)c2ccc(F)cc2C#CCN)c1. The van der Waals surface area contributed by atoms with Crippen molar-refractivity contribution in [1.29, 1.82) is 0 Å². The van der Waals surface area contributed by atoms with Gasteiger partial charge in [0.25, 0.3) is 5.91 Å². The monoisotopic (exact) mass is 283 g/mol. The Balaban J connectivity index is 2.30. The lowest BCUT2D eigenvalue weighted by Crippen LogP contribution is -2.14. The minimum atomic E-state index is -0.454. The van der Waals surface area contributed by atoms with E-state index in [4.69, 9.17) is 5.73 Å². The summed E-state index contributed by atoms with van der Waals surface area (Å²) in [5.41, 5.74) is 7.40. The highest BCUT2D eigenvalue weighted by molar-refractivity contribution is 6.05. The summed E-state index contributed by atoms with van der Waals surface area (Å²) in [5.74, 6) is 4.49. The molecule has 0 aliphatic carbocycles. The first-order valence-corrected chi connectivity index (χ1v) is 6.31. The Bertz CT molecular complexity index is 732. The molecule has 0 spiro atoms. The average Bonchev–Trinajstić information content (AvgIpc) is 2.45. The number of aryl methyl sites for hydroxylation is 1. The molecule has 2 rings (SSSR count). The van der Waals surface area contributed by atoms with Gasteiger partial charge < -0.3 is 11.1 Å². The smallest absolute Gasteiger partial charge is 0.256 e. The van der Waals surface area contributed by atoms with E-state index in [-0.39, 0.29) is 12.5 Å². The zero-order valence-electron chi connectivity index (χ0n) is 11.5. The first-order chi connectivity index (χ1) is 10.1. The quantitative estimate of drug-likeness (QED) is 0.829. The highest BCUT2D eigenvalue weighted by atomic mass is 19.1. The number of anilines is 1. The largest absolute Gasteiger partial charge is 0.321 e. The molecule has 0 aliphatic rings. The van der Waals surface area contributed by atoms with Gasteiger partial charge in [-0.15, -0.1) is 0 Å². The number of halogens is 1. The molecule has 106 valence electrons. The van der Waals surface area contributed by atoms with Crippen LogP contribution in [0.15, 0.2) is 36.7 Å². The Hall–Kier alpha value is -2.71. The van der Waals surface area contributed by atoms with Crippen molar-refractivity contribution in [1.82, 2.24) is 4.98 Å². The number of carbonyl (C=O) groups excluding carboxylic acids is 1. The summed E-state index contributed by atoms with van der Waals surface area (Å²) in [4.78, 5) is 16.3. The van der Waals surface area contributed by atoms with Gasteiger partial charge >= 0.3 is 0 Å². The van der Waals surface area contributed by atoms with Crippen molar-refractivity contribution in [3.05, 3.63) is 59.2 Å². The van der Waals surface area contributed by atoms with E-state index in [1.54, 1.807) is 18.5 Å². The Kier molecular flexibility index (Phi) is 4.64. The Labute approximate surface area is 122 Å². The zero-order chi connectivity index (χ0) is 15.2. The van der Waals surface area contributed by atoms with E-state index < -0.39 is 5.82 Å². The Morgan fingerprint density at radius 2 is 2.19 bits per heavy atom. The fraction of sp³-hybridized carbons (Fsp3) is 0.125. The number of benzene rings is 1. The maximum Gasteiger partial charge on any atom is 0.256 e. The molecule has 1 aromatic heterocycles. The molecular formula is C16H14FN3O. The van der Waals surface area contributed by atoms with Gasteiger partial charge in [0.05, 0.1) is 24.0 Å². The lowest BCUT2D eigenvalue weighted by molar-refractivity contribution is 0.102. The normalized spacial score (nSPS) is 9.67. The van der Waals surface area contributed by atoms with E-state index in [1.165, 1.54) is 18.2 Å². The third kappa shape index (κ3) is 3.88. The second-order valence-electron chi connectivity index (χ2n) is 4.40. The molecule has 0 saturated carbocycles. The molecule has 4 nitrogen and oxygen atoms in total. The fourth-order valence-electron chi connectivity index (χ4n) is 1.79. The predicted molar refractivity (Wildman–Crippen MR) is 79.3 cm³/mol. The van der Waals surface area contributed by atoms with Gasteiger partial charge in [-0.05, 0) is 36.8 Å². The lowest BCUT2D eigenvalue weighted by atomic mass is 10.1. The number of rotatable bonds is 2. The van der Waals surface area contributed by atoms with Crippen LogP contribution in [-0.2, 0) is 0 Å². The molecule has 1 heterocycles. The molecule has 0 bridgehead atoms. The van der Waals surface area contributed by atoms with E-state index in [0.717, 1.165) is 5.56 Å². The van der Waals surface area contributed by atoms with Crippen molar-refractivity contribution in [2.75, 3.05) is 11.9 Å². The van der Waals surface area contributed by atoms with E-state index in [2.05, 4.69) is 22.1 Å². The maximum absolute atomic E-state index is 13.3. The van der Waals surface area contributed by atoms with Gasteiger partial charge in [0.2, 0.25) is 0 Å². The van der Waals surface area contributed by atoms with E-state index >= 15 is 0 Å². The molecule has 1 amide bonds. The number of carbonyl (C=O) groups is 1. The summed E-state index contributed by atoms with van der Waals surface area (Å²) >= 11 is 0. The van der Waals surface area contributed by atoms with Gasteiger partial charge in [0, 0.05) is 11.8 Å². The summed E-state index contributed by atoms with van der Waals surface area (Å²) in [5, 5.41) is 2.71. The molecule has 0 aliphatic heterocycles. The van der Waals surface area contributed by atoms with Crippen LogP contribution in [0.3, 0.4) is 0 Å². The number of hydrogen-bond acceptors (Lipinski definition) is 3. The molecule has 0 unspecified atom stereocenters. The molecule has 5 heteroatoms. The number of pyridine rings is 1. The van der Waals surface area contributed by atoms with Crippen LogP contribution in [0.5, 0.6) is 0 Å². The van der Waals surface area contributed by atoms with Gasteiger partial charge in [-0.3, -0.25) is 9.78 Å². The fourth-order valence-corrected chi connectivity index (χ4v) is 1.79. The van der Waals surface area contributed by atoms with Gasteiger partial charge in [-0.1, -0.05) is 11.8 Å². The maximum atomic E-state index is 13.3. The van der Waals surface area contributed by atoms with E-state index in [9.17, 15) is 9.18 Å². The van der Waals surface area contributed by atoms with Crippen molar-refractivity contribution in [3.63, 3.8) is 0 Å². The van der Waals surface area contributed by atoms with Crippen LogP contribution in [0, 0.1) is 24.6 Å². The number of nitrogens with one attached hydrogen (secondary N) is 1. The van der Waals surface area contributed by atoms with Crippen molar-refractivity contribution in [2.24, 2.45) is 5.73 Å². The van der Waals surface area contributed by atoms with Crippen molar-refractivity contribution in [3.8, 4) is 11.8 Å². The van der Waals surface area contributed by atoms with Crippen LogP contribution in [0.4, 0.5) is 10.1 Å². The molecule has 0 atom stereocenters. The summed E-state index contributed by atoms with van der Waals surface area (Å²) in [6.45, 7) is 2.01. The van der Waals surface area contributed by atoms with Crippen molar-refractivity contribution in [2.45, 2.75) is 6.92 Å². The highest BCUT2D eigenvalue weighted by Gasteiger charge is 2.11. The summed E-state index contributed by atoms with van der Waals surface area (Å²) in [6.07, 6.45) is 3.23. The second kappa shape index (κ2) is 6.64. The van der Waals surface area contributed by atoms with E-state index in [1.807, 2.05) is 6.92 Å². The van der Waals surface area contributed by atoms with Crippen LogP contribution >= 0.6 is 0 Å². The Morgan fingerprint density at radius 1 is 1.38 bits per heavy atom. The number of amides is 1. The van der Waals surface area contributed by atoms with Crippen LogP contribution in [0.25, 0.3) is 0 Å². The third-order valence-electron chi connectivity index (χ3n) is 2.68. The average molecular weight is 283 g/mol. The third-order valence-corrected chi connectivity index (χ3v) is 2.68. The molecule has 21 heavy (non-hydrogen) atoms. The predicted octanol–water partition coefficient (Wildman–Crippen LogP) is 2.09. The summed E-state index contributed by atoms with van der Waals surface area (Å²) in [6, 6.07) is 5.62. The minimum Gasteiger partial charge on any atom is -0.321 e. The van der Waals surface area contributed by atoms with Crippen molar-refractivity contribution < 1.29 is 9.18 Å². The van der Waals surface area contributed by atoms with E-state index in [0.29, 0.717) is 16.8 Å². The zero-order valence-corrected chi connectivity index (χ0v) is 11.5. The molecule has 3 N–H and O–H groups in total. The molecule has 0 fully saturated rings. The van der Waals surface area contributed by atoms with Crippen LogP contribution < -0.4 is 11.1 Å². The lowest BCUT2D eigenvalue weighted by Gasteiger charge is -2.07. The molecule has 0 saturated heterocycles. The first-order valence-electron chi connectivity index (χ1n) is 6.31. The Morgan fingerprint density at radius 3 is 2.90 bits per heavy atom. The summed E-state index contributed by atoms with van der Waals surface area (Å²) in [7, 11) is 0. The molecule has 1 aromatic carbocycles. The number of nitrogens with zero attached hydrogens (tertiary/aromatic N) is 1. The summed E-state index contributed by atoms with van der Waals surface area (Å²) < 4.78 is 13.3. The topological polar surface area (TPSA) is 68.0 Å². The standard InChI is InChI=1S/C16H14FN3O/c1-11-7-14(10-19-9-11)20-16(21)15-5-4-13(17)8-12(15)3-2-6-18/h4-5,7-10H,6,18H2,1H3,(H,20,21). The minimum absolute atomic E-state index is 0.138. The number of hydrogen-bond donors (Lipinski definition) is 2.